The Bertz CT molecular complexity index is 862. The standard InChI is InChI=1S/C18H18N4O3/c1-24-15-9-8-13(10-16(15)25-2)18(23)19-11-17-21-20-12-22(17)14-6-4-3-5-7-14/h3-10,12H,11H2,1-2H3,(H,19,23). The number of nitrogens with one attached hydrogen (secondary N) is 1. The fourth-order valence-corrected chi connectivity index (χ4v) is 2.42. The van der Waals surface area contributed by atoms with Gasteiger partial charge in [-0.1, -0.05) is 18.2 Å². The first-order valence-corrected chi connectivity index (χ1v) is 7.67. The maximum Gasteiger partial charge on any atom is 0.251 e. The van der Waals surface area contributed by atoms with Crippen LogP contribution in [0.4, 0.5) is 0 Å². The third kappa shape index (κ3) is 3.60. The molecule has 3 aromatic rings. The van der Waals surface area contributed by atoms with Crippen LogP contribution < -0.4 is 14.8 Å². The van der Waals surface area contributed by atoms with E-state index in [1.165, 1.54) is 7.11 Å². The van der Waals surface area contributed by atoms with Crippen molar-refractivity contribution in [2.24, 2.45) is 0 Å². The van der Waals surface area contributed by atoms with Gasteiger partial charge in [-0.15, -0.1) is 10.2 Å². The van der Waals surface area contributed by atoms with Gasteiger partial charge >= 0.3 is 0 Å². The Balaban J connectivity index is 1.73. The van der Waals surface area contributed by atoms with Crippen molar-refractivity contribution in [2.45, 2.75) is 6.54 Å². The van der Waals surface area contributed by atoms with Gasteiger partial charge in [-0.3, -0.25) is 9.36 Å². The minimum Gasteiger partial charge on any atom is -0.493 e. The molecule has 25 heavy (non-hydrogen) atoms. The maximum atomic E-state index is 12.4. The van der Waals surface area contributed by atoms with Crippen LogP contribution in [0.5, 0.6) is 11.5 Å². The second-order valence-corrected chi connectivity index (χ2v) is 5.21. The summed E-state index contributed by atoms with van der Waals surface area (Å²) in [6.45, 7) is 0.252. The topological polar surface area (TPSA) is 78.3 Å². The Labute approximate surface area is 145 Å². The molecule has 0 saturated heterocycles. The normalized spacial score (nSPS) is 10.3. The summed E-state index contributed by atoms with van der Waals surface area (Å²) < 4.78 is 12.2. The second kappa shape index (κ2) is 7.48. The number of benzene rings is 2. The van der Waals surface area contributed by atoms with E-state index < -0.39 is 0 Å². The van der Waals surface area contributed by atoms with Gasteiger partial charge in [0.25, 0.3) is 5.91 Å². The molecule has 0 saturated carbocycles. The molecule has 1 N–H and O–H groups in total. The molecule has 1 aromatic heterocycles. The first-order chi connectivity index (χ1) is 12.2. The van der Waals surface area contributed by atoms with Crippen molar-refractivity contribution in [2.75, 3.05) is 14.2 Å². The lowest BCUT2D eigenvalue weighted by molar-refractivity contribution is 0.0949. The molecule has 0 aliphatic heterocycles. The number of ether oxygens (including phenoxy) is 2. The minimum atomic E-state index is -0.233. The molecule has 2 aromatic carbocycles. The van der Waals surface area contributed by atoms with E-state index in [4.69, 9.17) is 9.47 Å². The predicted octanol–water partition coefficient (Wildman–Crippen LogP) is 2.21. The zero-order chi connectivity index (χ0) is 17.6. The number of nitrogens with zero attached hydrogens (tertiary/aromatic N) is 3. The molecule has 0 unspecified atom stereocenters. The quantitative estimate of drug-likeness (QED) is 0.745. The van der Waals surface area contributed by atoms with Crippen molar-refractivity contribution in [3.63, 3.8) is 0 Å². The fraction of sp³-hybridized carbons (Fsp3) is 0.167. The molecule has 0 bridgehead atoms. The number of para-hydroxylation sites is 1. The van der Waals surface area contributed by atoms with Crippen molar-refractivity contribution in [3.8, 4) is 17.2 Å². The first kappa shape index (κ1) is 16.5. The van der Waals surface area contributed by atoms with Crippen LogP contribution in [-0.2, 0) is 6.54 Å². The highest BCUT2D eigenvalue weighted by Gasteiger charge is 2.12. The molecule has 1 amide bonds. The highest BCUT2D eigenvalue weighted by atomic mass is 16.5. The lowest BCUT2D eigenvalue weighted by atomic mass is 10.2. The van der Waals surface area contributed by atoms with E-state index in [9.17, 15) is 4.79 Å². The number of amides is 1. The van der Waals surface area contributed by atoms with Crippen LogP contribution >= 0.6 is 0 Å². The molecule has 128 valence electrons. The van der Waals surface area contributed by atoms with Crippen LogP contribution in [0.1, 0.15) is 16.2 Å². The van der Waals surface area contributed by atoms with Gasteiger partial charge in [0.15, 0.2) is 17.3 Å². The number of aromatic nitrogens is 3. The van der Waals surface area contributed by atoms with Crippen molar-refractivity contribution < 1.29 is 14.3 Å². The Hall–Kier alpha value is -3.35. The van der Waals surface area contributed by atoms with Crippen LogP contribution in [0.15, 0.2) is 54.9 Å². The first-order valence-electron chi connectivity index (χ1n) is 7.67. The fourth-order valence-electron chi connectivity index (χ4n) is 2.42. The van der Waals surface area contributed by atoms with E-state index in [0.717, 1.165) is 5.69 Å². The predicted molar refractivity (Wildman–Crippen MR) is 92.1 cm³/mol. The SMILES string of the molecule is COc1ccc(C(=O)NCc2nncn2-c2ccccc2)cc1OC. The van der Waals surface area contributed by atoms with Crippen LogP contribution in [0, 0.1) is 0 Å². The molecule has 0 aliphatic rings. The van der Waals surface area contributed by atoms with Crippen LogP contribution in [0.3, 0.4) is 0 Å². The average molecular weight is 338 g/mol. The van der Waals surface area contributed by atoms with Gasteiger partial charge in [0.05, 0.1) is 20.8 Å². The van der Waals surface area contributed by atoms with E-state index in [1.807, 2.05) is 34.9 Å². The Kier molecular flexibility index (Phi) is 4.94. The molecule has 7 nitrogen and oxygen atoms in total. The van der Waals surface area contributed by atoms with Crippen LogP contribution in [0.2, 0.25) is 0 Å². The van der Waals surface area contributed by atoms with Gasteiger partial charge in [0.1, 0.15) is 6.33 Å². The zero-order valence-electron chi connectivity index (χ0n) is 14.0. The van der Waals surface area contributed by atoms with Crippen molar-refractivity contribution in [3.05, 3.63) is 66.2 Å². The molecule has 7 heteroatoms. The highest BCUT2D eigenvalue weighted by molar-refractivity contribution is 5.94. The van der Waals surface area contributed by atoms with Crippen molar-refractivity contribution in [1.82, 2.24) is 20.1 Å². The molecule has 1 heterocycles. The molecular weight excluding hydrogens is 320 g/mol. The van der Waals surface area contributed by atoms with E-state index in [2.05, 4.69) is 15.5 Å². The summed E-state index contributed by atoms with van der Waals surface area (Å²) >= 11 is 0. The minimum absolute atomic E-state index is 0.233. The van der Waals surface area contributed by atoms with E-state index in [-0.39, 0.29) is 12.5 Å². The number of rotatable bonds is 6. The summed E-state index contributed by atoms with van der Waals surface area (Å²) in [4.78, 5) is 12.4. The lowest BCUT2D eigenvalue weighted by Gasteiger charge is -2.10. The summed E-state index contributed by atoms with van der Waals surface area (Å²) in [5.74, 6) is 1.48. The van der Waals surface area contributed by atoms with E-state index in [1.54, 1.807) is 31.6 Å². The zero-order valence-corrected chi connectivity index (χ0v) is 14.0. The van der Waals surface area contributed by atoms with Crippen LogP contribution in [-0.4, -0.2) is 34.9 Å². The largest absolute Gasteiger partial charge is 0.493 e. The van der Waals surface area contributed by atoms with Crippen molar-refractivity contribution >= 4 is 5.91 Å². The summed E-state index contributed by atoms with van der Waals surface area (Å²) in [6, 6.07) is 14.7. The monoisotopic (exact) mass is 338 g/mol. The van der Waals surface area contributed by atoms with Crippen molar-refractivity contribution in [1.29, 1.82) is 0 Å². The summed E-state index contributed by atoms with van der Waals surface area (Å²) in [7, 11) is 3.08. The molecule has 0 radical (unpaired) electrons. The number of carbonyl (C=O) groups is 1. The Morgan fingerprint density at radius 2 is 1.84 bits per heavy atom. The summed E-state index contributed by atoms with van der Waals surface area (Å²) in [6.07, 6.45) is 1.62. The number of methoxy groups -OCH3 is 2. The third-order valence-electron chi connectivity index (χ3n) is 3.71. The van der Waals surface area contributed by atoms with Gasteiger partial charge in [0, 0.05) is 11.3 Å². The Morgan fingerprint density at radius 3 is 2.56 bits per heavy atom. The average Bonchev–Trinajstić information content (AvgIpc) is 3.14. The van der Waals surface area contributed by atoms with Gasteiger partial charge in [-0.25, -0.2) is 0 Å². The molecule has 0 spiro atoms. The second-order valence-electron chi connectivity index (χ2n) is 5.21. The number of hydrogen-bond donors (Lipinski definition) is 1. The maximum absolute atomic E-state index is 12.4. The van der Waals surface area contributed by atoms with Gasteiger partial charge < -0.3 is 14.8 Å². The summed E-state index contributed by atoms with van der Waals surface area (Å²) in [5, 5.41) is 10.8. The Morgan fingerprint density at radius 1 is 1.08 bits per heavy atom. The van der Waals surface area contributed by atoms with Gasteiger partial charge in [-0.2, -0.15) is 0 Å². The molecule has 0 atom stereocenters. The van der Waals surface area contributed by atoms with Gasteiger partial charge in [-0.05, 0) is 30.3 Å². The van der Waals surface area contributed by atoms with Crippen LogP contribution in [0.25, 0.3) is 5.69 Å². The molecule has 0 aliphatic carbocycles. The van der Waals surface area contributed by atoms with Gasteiger partial charge in [0.2, 0.25) is 0 Å². The van der Waals surface area contributed by atoms with E-state index in [0.29, 0.717) is 22.9 Å². The van der Waals surface area contributed by atoms with E-state index >= 15 is 0 Å². The lowest BCUT2D eigenvalue weighted by Crippen LogP contribution is -2.24. The highest BCUT2D eigenvalue weighted by Crippen LogP contribution is 2.27. The third-order valence-corrected chi connectivity index (χ3v) is 3.71. The molecule has 3 rings (SSSR count). The molecular formula is C18H18N4O3. The molecule has 0 fully saturated rings. The number of carbonyl (C=O) groups excluding carboxylic acids is 1. The summed E-state index contributed by atoms with van der Waals surface area (Å²) in [5.41, 5.74) is 1.41. The smallest absolute Gasteiger partial charge is 0.251 e. The number of hydrogen-bond acceptors (Lipinski definition) is 5.